The van der Waals surface area contributed by atoms with Crippen LogP contribution in [0.4, 0.5) is 5.69 Å². The number of carbonyl (C=O) groups is 2. The molecule has 0 aliphatic heterocycles. The first-order chi connectivity index (χ1) is 6.69. The lowest BCUT2D eigenvalue weighted by molar-refractivity contribution is -0.105. The van der Waals surface area contributed by atoms with Crippen molar-refractivity contribution in [1.82, 2.24) is 0 Å². The maximum atomic E-state index is 11.4. The number of benzene rings is 1. The number of anilines is 1. The van der Waals surface area contributed by atoms with Crippen LogP contribution >= 0.6 is 0 Å². The fraction of sp³-hybridized carbons (Fsp3) is 0.200. The molecule has 0 heterocycles. The quantitative estimate of drug-likeness (QED) is 0.563. The highest BCUT2D eigenvalue weighted by atomic mass is 16.3. The van der Waals surface area contributed by atoms with Crippen LogP contribution in [-0.2, 0) is 4.79 Å². The zero-order chi connectivity index (χ0) is 10.6. The molecule has 0 aliphatic rings. The summed E-state index contributed by atoms with van der Waals surface area (Å²) < 4.78 is 0. The van der Waals surface area contributed by atoms with E-state index in [1.165, 1.54) is 18.2 Å². The van der Waals surface area contributed by atoms with Gasteiger partial charge >= 0.3 is 0 Å². The van der Waals surface area contributed by atoms with Crippen LogP contribution in [0.2, 0.25) is 0 Å². The van der Waals surface area contributed by atoms with Gasteiger partial charge in [-0.25, -0.2) is 0 Å². The summed E-state index contributed by atoms with van der Waals surface area (Å²) in [6, 6.07) is 4.25. The van der Waals surface area contributed by atoms with E-state index in [2.05, 4.69) is 5.32 Å². The summed E-state index contributed by atoms with van der Waals surface area (Å²) in [7, 11) is 0. The highest BCUT2D eigenvalue weighted by Crippen LogP contribution is 2.22. The van der Waals surface area contributed by atoms with E-state index in [-0.39, 0.29) is 11.5 Å². The molecule has 0 bridgehead atoms. The molecule has 0 aromatic heterocycles. The van der Waals surface area contributed by atoms with Gasteiger partial charge in [-0.05, 0) is 12.1 Å². The molecule has 4 heteroatoms. The van der Waals surface area contributed by atoms with Crippen LogP contribution < -0.4 is 5.32 Å². The Morgan fingerprint density at radius 1 is 1.57 bits per heavy atom. The molecule has 0 aliphatic carbocycles. The number of phenolic OH excluding ortho intramolecular Hbond substituents is 1. The predicted molar refractivity (Wildman–Crippen MR) is 52.4 cm³/mol. The number of nitrogens with one attached hydrogen (secondary N) is 1. The SMILES string of the molecule is CCC(=O)c1ccc(O)cc1NC=O. The molecule has 0 fully saturated rings. The number of phenols is 1. The van der Waals surface area contributed by atoms with Crippen LogP contribution in [0.1, 0.15) is 23.7 Å². The topological polar surface area (TPSA) is 66.4 Å². The lowest BCUT2D eigenvalue weighted by atomic mass is 10.1. The van der Waals surface area contributed by atoms with Crippen molar-refractivity contribution in [2.24, 2.45) is 0 Å². The fourth-order valence-electron chi connectivity index (χ4n) is 1.15. The van der Waals surface area contributed by atoms with Gasteiger partial charge in [0, 0.05) is 18.1 Å². The van der Waals surface area contributed by atoms with Crippen LogP contribution in [0.3, 0.4) is 0 Å². The minimum absolute atomic E-state index is 0.0157. The van der Waals surface area contributed by atoms with Crippen LogP contribution in [0.5, 0.6) is 5.75 Å². The Morgan fingerprint density at radius 3 is 2.86 bits per heavy atom. The Bertz CT molecular complexity index is 360. The van der Waals surface area contributed by atoms with Crippen molar-refractivity contribution in [3.05, 3.63) is 23.8 Å². The molecule has 0 atom stereocenters. The second-order valence-corrected chi connectivity index (χ2v) is 2.77. The Balaban J connectivity index is 3.13. The van der Waals surface area contributed by atoms with Gasteiger partial charge < -0.3 is 10.4 Å². The first-order valence-electron chi connectivity index (χ1n) is 4.25. The highest BCUT2D eigenvalue weighted by molar-refractivity contribution is 6.02. The van der Waals surface area contributed by atoms with Crippen molar-refractivity contribution in [1.29, 1.82) is 0 Å². The molecule has 74 valence electrons. The van der Waals surface area contributed by atoms with Gasteiger partial charge in [-0.2, -0.15) is 0 Å². The Kier molecular flexibility index (Phi) is 3.23. The van der Waals surface area contributed by atoms with Gasteiger partial charge in [0.25, 0.3) is 0 Å². The minimum atomic E-state index is -0.0747. The van der Waals surface area contributed by atoms with E-state index < -0.39 is 0 Å². The summed E-state index contributed by atoms with van der Waals surface area (Å²) in [4.78, 5) is 21.6. The van der Waals surface area contributed by atoms with E-state index in [4.69, 9.17) is 5.11 Å². The van der Waals surface area contributed by atoms with Gasteiger partial charge in [-0.3, -0.25) is 9.59 Å². The van der Waals surface area contributed by atoms with Crippen molar-refractivity contribution in [2.45, 2.75) is 13.3 Å². The summed E-state index contributed by atoms with van der Waals surface area (Å²) in [5, 5.41) is 11.5. The molecule has 0 radical (unpaired) electrons. The van der Waals surface area contributed by atoms with Crippen molar-refractivity contribution in [2.75, 3.05) is 5.32 Å². The Labute approximate surface area is 81.6 Å². The first kappa shape index (κ1) is 10.2. The standard InChI is InChI=1S/C10H11NO3/c1-2-10(14)8-4-3-7(13)5-9(8)11-6-12/h3-6,13H,2H2,1H3,(H,11,12). The van der Waals surface area contributed by atoms with E-state index in [9.17, 15) is 9.59 Å². The third kappa shape index (κ3) is 2.10. The lowest BCUT2D eigenvalue weighted by Gasteiger charge is -2.06. The average Bonchev–Trinajstić information content (AvgIpc) is 2.17. The van der Waals surface area contributed by atoms with Gasteiger partial charge in [-0.15, -0.1) is 0 Å². The van der Waals surface area contributed by atoms with E-state index in [1.807, 2.05) is 0 Å². The molecule has 0 unspecified atom stereocenters. The van der Waals surface area contributed by atoms with E-state index >= 15 is 0 Å². The van der Waals surface area contributed by atoms with Crippen molar-refractivity contribution in [3.63, 3.8) is 0 Å². The number of carbonyl (C=O) groups excluding carboxylic acids is 2. The predicted octanol–water partition coefficient (Wildman–Crippen LogP) is 1.55. The molecule has 1 aromatic rings. The monoisotopic (exact) mass is 193 g/mol. The largest absolute Gasteiger partial charge is 0.508 e. The Morgan fingerprint density at radius 2 is 2.29 bits per heavy atom. The van der Waals surface area contributed by atoms with E-state index in [0.29, 0.717) is 24.1 Å². The van der Waals surface area contributed by atoms with Gasteiger partial charge in [0.05, 0.1) is 5.69 Å². The number of Topliss-reactive ketones (excluding diaryl/α,β-unsaturated/α-hetero) is 1. The van der Waals surface area contributed by atoms with Crippen LogP contribution in [0, 0.1) is 0 Å². The molecule has 1 amide bonds. The summed E-state index contributed by atoms with van der Waals surface area (Å²) in [5.41, 5.74) is 0.754. The number of aromatic hydroxyl groups is 1. The molecule has 1 aromatic carbocycles. The summed E-state index contributed by atoms with van der Waals surface area (Å²) >= 11 is 0. The number of hydrogen-bond acceptors (Lipinski definition) is 3. The normalized spacial score (nSPS) is 9.50. The Hall–Kier alpha value is -1.84. The second kappa shape index (κ2) is 4.41. The zero-order valence-corrected chi connectivity index (χ0v) is 7.78. The summed E-state index contributed by atoms with van der Waals surface area (Å²) in [5.74, 6) is -0.0589. The van der Waals surface area contributed by atoms with Gasteiger partial charge in [0.2, 0.25) is 6.41 Å². The minimum Gasteiger partial charge on any atom is -0.508 e. The third-order valence-electron chi connectivity index (χ3n) is 1.84. The van der Waals surface area contributed by atoms with Crippen molar-refractivity contribution in [3.8, 4) is 5.75 Å². The van der Waals surface area contributed by atoms with Crippen LogP contribution in [-0.4, -0.2) is 17.3 Å². The van der Waals surface area contributed by atoms with Gasteiger partial charge in [0.1, 0.15) is 5.75 Å². The smallest absolute Gasteiger partial charge is 0.211 e. The van der Waals surface area contributed by atoms with Crippen molar-refractivity contribution < 1.29 is 14.7 Å². The summed E-state index contributed by atoms with van der Waals surface area (Å²) in [6.07, 6.45) is 0.833. The number of hydrogen-bond donors (Lipinski definition) is 2. The average molecular weight is 193 g/mol. The zero-order valence-electron chi connectivity index (χ0n) is 7.78. The molecular weight excluding hydrogens is 182 g/mol. The van der Waals surface area contributed by atoms with E-state index in [0.717, 1.165) is 0 Å². The molecule has 4 nitrogen and oxygen atoms in total. The lowest BCUT2D eigenvalue weighted by Crippen LogP contribution is -2.04. The fourth-order valence-corrected chi connectivity index (χ4v) is 1.15. The second-order valence-electron chi connectivity index (χ2n) is 2.77. The molecular formula is C10H11NO3. The molecule has 0 spiro atoms. The maximum absolute atomic E-state index is 11.4. The van der Waals surface area contributed by atoms with Crippen LogP contribution in [0.25, 0.3) is 0 Å². The third-order valence-corrected chi connectivity index (χ3v) is 1.84. The molecule has 0 saturated carbocycles. The van der Waals surface area contributed by atoms with Crippen LogP contribution in [0.15, 0.2) is 18.2 Å². The first-order valence-corrected chi connectivity index (χ1v) is 4.25. The molecule has 0 saturated heterocycles. The summed E-state index contributed by atoms with van der Waals surface area (Å²) in [6.45, 7) is 1.74. The van der Waals surface area contributed by atoms with E-state index in [1.54, 1.807) is 6.92 Å². The maximum Gasteiger partial charge on any atom is 0.211 e. The van der Waals surface area contributed by atoms with Crippen molar-refractivity contribution >= 4 is 17.9 Å². The number of ketones is 1. The van der Waals surface area contributed by atoms with Gasteiger partial charge in [0.15, 0.2) is 5.78 Å². The number of amides is 1. The van der Waals surface area contributed by atoms with Gasteiger partial charge in [-0.1, -0.05) is 6.92 Å². The highest BCUT2D eigenvalue weighted by Gasteiger charge is 2.09. The molecule has 14 heavy (non-hydrogen) atoms. The molecule has 1 rings (SSSR count). The number of rotatable bonds is 4. The molecule has 2 N–H and O–H groups in total.